The Morgan fingerprint density at radius 3 is 2.54 bits per heavy atom. The fraction of sp³-hybridized carbons (Fsp3) is 0.257. The van der Waals surface area contributed by atoms with E-state index in [1.807, 2.05) is 53.4 Å². The van der Waals surface area contributed by atoms with Gasteiger partial charge in [0.15, 0.2) is 17.5 Å². The van der Waals surface area contributed by atoms with E-state index in [1.165, 1.54) is 6.07 Å². The van der Waals surface area contributed by atoms with Crippen LogP contribution < -0.4 is 19.7 Å². The van der Waals surface area contributed by atoms with E-state index in [9.17, 15) is 10.1 Å². The number of nitro groups is 1. The zero-order chi connectivity index (χ0) is 32.2. The molecule has 13 heteroatoms. The fourth-order valence-electron chi connectivity index (χ4n) is 6.03. The number of nitrogens with zero attached hydrogens (tertiary/aromatic N) is 5. The van der Waals surface area contributed by atoms with Gasteiger partial charge in [-0.2, -0.15) is 0 Å². The number of guanidine groups is 1. The number of anilines is 1. The minimum absolute atomic E-state index is 0. The summed E-state index contributed by atoms with van der Waals surface area (Å²) in [5.41, 5.74) is 3.86. The van der Waals surface area contributed by atoms with Crippen LogP contribution in [0.1, 0.15) is 11.3 Å². The van der Waals surface area contributed by atoms with Gasteiger partial charge in [0, 0.05) is 61.0 Å². The van der Waals surface area contributed by atoms with Crippen LogP contribution in [0.2, 0.25) is 5.02 Å². The van der Waals surface area contributed by atoms with Gasteiger partial charge in [-0.05, 0) is 53.9 Å². The minimum atomic E-state index is -0.383. The van der Waals surface area contributed by atoms with Crippen molar-refractivity contribution >= 4 is 57.0 Å². The Bertz CT molecular complexity index is 1930. The van der Waals surface area contributed by atoms with Crippen LogP contribution in [0.25, 0.3) is 22.1 Å². The topological polar surface area (TPSA) is 119 Å². The Balaban J connectivity index is 0.00000401. The van der Waals surface area contributed by atoms with Gasteiger partial charge in [-0.3, -0.25) is 10.1 Å². The van der Waals surface area contributed by atoms with E-state index in [4.69, 9.17) is 30.5 Å². The van der Waals surface area contributed by atoms with Crippen molar-refractivity contribution in [1.82, 2.24) is 15.2 Å². The molecule has 0 radical (unpaired) electrons. The number of ether oxygens (including phenoxy) is 2. The van der Waals surface area contributed by atoms with E-state index in [2.05, 4.69) is 33.4 Å². The molecule has 3 aromatic carbocycles. The first kappa shape index (κ1) is 33.1. The molecule has 2 aromatic heterocycles. The highest BCUT2D eigenvalue weighted by Gasteiger charge is 2.26. The highest BCUT2D eigenvalue weighted by Crippen LogP contribution is 2.37. The standard InChI is InChI=1S/C35H33ClN6O5.BrH/c36-26-9-11-29-27(22-26)33(25-5-2-1-3-6-25)32(47-29)23-39-35(38-14-12-24-8-10-30-31(21-24)46-20-19-45-30)41-17-15-40(16-18-41)34-28(42(43)44)7-4-13-37-34;/h1-11,13,21-22H,12,14-20,23H2,(H,38,39);1H. The number of nitrogens with one attached hydrogen (secondary N) is 1. The maximum Gasteiger partial charge on any atom is 0.311 e. The SMILES string of the molecule is Br.O=[N+]([O-])c1cccnc1N1CCN(C(=NCc2oc3ccc(Cl)cc3c2-c2ccccc2)NCCc2ccc3c(c2)OCCO3)CC1. The number of aromatic nitrogens is 1. The summed E-state index contributed by atoms with van der Waals surface area (Å²) in [5, 5.41) is 16.8. The van der Waals surface area contributed by atoms with Crippen LogP contribution in [0, 0.1) is 10.1 Å². The van der Waals surface area contributed by atoms with Crippen LogP contribution in [0.4, 0.5) is 11.5 Å². The maximum absolute atomic E-state index is 11.7. The zero-order valence-corrected chi connectivity index (χ0v) is 28.5. The normalized spacial score (nSPS) is 14.5. The molecule has 0 unspecified atom stereocenters. The molecule has 5 aromatic rings. The Kier molecular flexibility index (Phi) is 10.3. The van der Waals surface area contributed by atoms with Crippen LogP contribution >= 0.6 is 28.6 Å². The van der Waals surface area contributed by atoms with E-state index < -0.39 is 0 Å². The van der Waals surface area contributed by atoms with Gasteiger partial charge in [-0.25, -0.2) is 9.98 Å². The molecule has 48 heavy (non-hydrogen) atoms. The van der Waals surface area contributed by atoms with Crippen molar-refractivity contribution in [3.8, 4) is 22.6 Å². The third-order valence-corrected chi connectivity index (χ3v) is 8.54. The molecule has 1 N–H and O–H groups in total. The minimum Gasteiger partial charge on any atom is -0.486 e. The molecule has 1 saturated heterocycles. The molecule has 1 fully saturated rings. The van der Waals surface area contributed by atoms with Crippen LogP contribution in [0.5, 0.6) is 11.5 Å². The summed E-state index contributed by atoms with van der Waals surface area (Å²) in [6.45, 7) is 4.34. The predicted octanol–water partition coefficient (Wildman–Crippen LogP) is 6.92. The first-order chi connectivity index (χ1) is 23.0. The summed E-state index contributed by atoms with van der Waals surface area (Å²) in [6.07, 6.45) is 2.33. The third kappa shape index (κ3) is 7.19. The molecule has 4 heterocycles. The number of aliphatic imine (C=N–C) groups is 1. The second-order valence-electron chi connectivity index (χ2n) is 11.3. The van der Waals surface area contributed by atoms with Crippen LogP contribution in [0.3, 0.4) is 0 Å². The van der Waals surface area contributed by atoms with E-state index in [1.54, 1.807) is 12.3 Å². The lowest BCUT2D eigenvalue weighted by Gasteiger charge is -2.37. The van der Waals surface area contributed by atoms with Crippen LogP contribution in [-0.2, 0) is 13.0 Å². The van der Waals surface area contributed by atoms with Crippen molar-refractivity contribution in [2.24, 2.45) is 4.99 Å². The van der Waals surface area contributed by atoms with E-state index in [0.717, 1.165) is 57.3 Å². The Hall–Kier alpha value is -4.81. The lowest BCUT2D eigenvalue weighted by Crippen LogP contribution is -2.53. The molecule has 248 valence electrons. The fourth-order valence-corrected chi connectivity index (χ4v) is 6.21. The van der Waals surface area contributed by atoms with Crippen molar-refractivity contribution in [2.45, 2.75) is 13.0 Å². The van der Waals surface area contributed by atoms with Gasteiger partial charge in [0.2, 0.25) is 5.82 Å². The highest BCUT2D eigenvalue weighted by molar-refractivity contribution is 8.93. The van der Waals surface area contributed by atoms with Crippen molar-refractivity contribution in [3.63, 3.8) is 0 Å². The number of halogens is 2. The average molecular weight is 734 g/mol. The lowest BCUT2D eigenvalue weighted by molar-refractivity contribution is -0.384. The van der Waals surface area contributed by atoms with Crippen molar-refractivity contribution in [1.29, 1.82) is 0 Å². The molecule has 11 nitrogen and oxygen atoms in total. The van der Waals surface area contributed by atoms with Crippen LogP contribution in [0.15, 0.2) is 94.5 Å². The predicted molar refractivity (Wildman–Crippen MR) is 192 cm³/mol. The molecule has 0 spiro atoms. The van der Waals surface area contributed by atoms with Gasteiger partial charge in [0.05, 0.1) is 4.92 Å². The van der Waals surface area contributed by atoms with Gasteiger partial charge >= 0.3 is 5.69 Å². The summed E-state index contributed by atoms with van der Waals surface area (Å²) in [6, 6.07) is 24.9. The summed E-state index contributed by atoms with van der Waals surface area (Å²) in [5.74, 6) is 3.39. The largest absolute Gasteiger partial charge is 0.486 e. The van der Waals surface area contributed by atoms with E-state index in [-0.39, 0.29) is 27.6 Å². The number of furan rings is 1. The number of hydrogen-bond donors (Lipinski definition) is 1. The monoisotopic (exact) mass is 732 g/mol. The van der Waals surface area contributed by atoms with Crippen LogP contribution in [-0.4, -0.2) is 66.7 Å². The second kappa shape index (κ2) is 15.0. The molecule has 2 aliphatic heterocycles. The number of pyridine rings is 1. The third-order valence-electron chi connectivity index (χ3n) is 8.30. The molecule has 0 saturated carbocycles. The van der Waals surface area contributed by atoms with Gasteiger partial charge in [0.1, 0.15) is 31.1 Å². The van der Waals surface area contributed by atoms with Gasteiger partial charge < -0.3 is 29.0 Å². The first-order valence-corrected chi connectivity index (χ1v) is 15.9. The Morgan fingerprint density at radius 1 is 0.958 bits per heavy atom. The average Bonchev–Trinajstić information content (AvgIpc) is 3.47. The van der Waals surface area contributed by atoms with Gasteiger partial charge in [-0.1, -0.05) is 48.0 Å². The number of fused-ring (bicyclic) bond motifs is 2. The molecule has 0 bridgehead atoms. The Labute approximate surface area is 293 Å². The second-order valence-corrected chi connectivity index (χ2v) is 11.7. The number of benzene rings is 3. The smallest absolute Gasteiger partial charge is 0.311 e. The van der Waals surface area contributed by atoms with Crippen molar-refractivity contribution < 1.29 is 18.8 Å². The molecule has 0 atom stereocenters. The molecule has 7 rings (SSSR count). The molecule has 0 aliphatic carbocycles. The summed E-state index contributed by atoms with van der Waals surface area (Å²) in [7, 11) is 0. The summed E-state index contributed by atoms with van der Waals surface area (Å²) < 4.78 is 17.8. The maximum atomic E-state index is 11.7. The van der Waals surface area contributed by atoms with Crippen molar-refractivity contribution in [2.75, 3.05) is 50.8 Å². The van der Waals surface area contributed by atoms with Crippen molar-refractivity contribution in [3.05, 3.63) is 112 Å². The first-order valence-electron chi connectivity index (χ1n) is 15.6. The number of hydrogen-bond acceptors (Lipinski definition) is 8. The molecular weight excluding hydrogens is 700 g/mol. The number of rotatable bonds is 8. The zero-order valence-electron chi connectivity index (χ0n) is 26.0. The van der Waals surface area contributed by atoms with E-state index >= 15 is 0 Å². The number of piperazine rings is 1. The highest BCUT2D eigenvalue weighted by atomic mass is 79.9. The molecular formula is C35H34BrClN6O5. The van der Waals surface area contributed by atoms with E-state index in [0.29, 0.717) is 63.3 Å². The quantitative estimate of drug-likeness (QED) is 0.0785. The summed E-state index contributed by atoms with van der Waals surface area (Å²) in [4.78, 5) is 24.8. The van der Waals surface area contributed by atoms with Gasteiger partial charge in [-0.15, -0.1) is 17.0 Å². The summed E-state index contributed by atoms with van der Waals surface area (Å²) >= 11 is 6.40. The Morgan fingerprint density at radius 2 is 1.75 bits per heavy atom. The molecule has 0 amide bonds. The lowest BCUT2D eigenvalue weighted by atomic mass is 10.0. The van der Waals surface area contributed by atoms with Gasteiger partial charge in [0.25, 0.3) is 0 Å². The molecule has 2 aliphatic rings.